The summed E-state index contributed by atoms with van der Waals surface area (Å²) < 4.78 is 5.28. The summed E-state index contributed by atoms with van der Waals surface area (Å²) in [4.78, 5) is 4.41. The molecule has 0 saturated carbocycles. The van der Waals surface area contributed by atoms with E-state index in [1.165, 1.54) is 5.56 Å². The number of aryl methyl sites for hydroxylation is 1. The summed E-state index contributed by atoms with van der Waals surface area (Å²) in [6, 6.07) is 8.07. The van der Waals surface area contributed by atoms with Gasteiger partial charge in [-0.05, 0) is 27.8 Å². The van der Waals surface area contributed by atoms with Crippen LogP contribution in [0.5, 0.6) is 0 Å². The highest BCUT2D eigenvalue weighted by Crippen LogP contribution is 2.22. The Balaban J connectivity index is 2.33. The molecule has 0 unspecified atom stereocenters. The van der Waals surface area contributed by atoms with E-state index >= 15 is 0 Å². The summed E-state index contributed by atoms with van der Waals surface area (Å²) in [5, 5.41) is 7.14. The smallest absolute Gasteiger partial charge is 0.246 e. The van der Waals surface area contributed by atoms with Gasteiger partial charge in [-0.25, -0.2) is 0 Å². The maximum Gasteiger partial charge on any atom is 0.246 e. The van der Waals surface area contributed by atoms with E-state index in [2.05, 4.69) is 22.4 Å². The zero-order valence-corrected chi connectivity index (χ0v) is 10.6. The number of rotatable bonds is 3. The number of hydrogen-bond donors (Lipinski definition) is 1. The molecule has 0 atom stereocenters. The molecular formula is C13H17N3O. The zero-order chi connectivity index (χ0) is 12.5. The Kier molecular flexibility index (Phi) is 2.98. The fourth-order valence-corrected chi connectivity index (χ4v) is 1.40. The van der Waals surface area contributed by atoms with Crippen molar-refractivity contribution < 1.29 is 4.52 Å². The van der Waals surface area contributed by atoms with Crippen molar-refractivity contribution in [2.75, 3.05) is 7.05 Å². The molecule has 1 heterocycles. The van der Waals surface area contributed by atoms with Crippen LogP contribution in [-0.4, -0.2) is 17.2 Å². The predicted octanol–water partition coefficient (Wildman–Crippen LogP) is 2.50. The van der Waals surface area contributed by atoms with Gasteiger partial charge in [-0.2, -0.15) is 4.98 Å². The lowest BCUT2D eigenvalue weighted by atomic mass is 10.1. The number of nitrogens with one attached hydrogen (secondary N) is 1. The molecule has 0 aliphatic carbocycles. The largest absolute Gasteiger partial charge is 0.337 e. The third kappa shape index (κ3) is 2.36. The molecule has 0 aliphatic rings. The van der Waals surface area contributed by atoms with Crippen LogP contribution in [0.2, 0.25) is 0 Å². The van der Waals surface area contributed by atoms with Crippen LogP contribution in [0, 0.1) is 6.92 Å². The maximum absolute atomic E-state index is 5.28. The van der Waals surface area contributed by atoms with E-state index in [9.17, 15) is 0 Å². The van der Waals surface area contributed by atoms with Crippen LogP contribution in [0.1, 0.15) is 25.3 Å². The molecule has 2 rings (SSSR count). The summed E-state index contributed by atoms with van der Waals surface area (Å²) in [5.74, 6) is 1.22. The van der Waals surface area contributed by atoms with Gasteiger partial charge in [-0.15, -0.1) is 0 Å². The van der Waals surface area contributed by atoms with Crippen molar-refractivity contribution in [3.05, 3.63) is 35.7 Å². The first-order chi connectivity index (χ1) is 8.03. The minimum Gasteiger partial charge on any atom is -0.337 e. The van der Waals surface area contributed by atoms with E-state index in [4.69, 9.17) is 4.52 Å². The van der Waals surface area contributed by atoms with E-state index in [-0.39, 0.29) is 5.54 Å². The molecule has 2 aromatic rings. The third-order valence-electron chi connectivity index (χ3n) is 2.90. The molecule has 4 nitrogen and oxygen atoms in total. The lowest BCUT2D eigenvalue weighted by Gasteiger charge is -2.17. The molecule has 0 fully saturated rings. The van der Waals surface area contributed by atoms with Gasteiger partial charge in [0.25, 0.3) is 0 Å². The number of hydrogen-bond acceptors (Lipinski definition) is 4. The van der Waals surface area contributed by atoms with Gasteiger partial charge in [0.2, 0.25) is 11.7 Å². The number of nitrogens with zero attached hydrogens (tertiary/aromatic N) is 2. The van der Waals surface area contributed by atoms with E-state index in [0.717, 1.165) is 5.56 Å². The molecule has 0 radical (unpaired) electrons. The summed E-state index contributed by atoms with van der Waals surface area (Å²) >= 11 is 0. The van der Waals surface area contributed by atoms with Gasteiger partial charge in [-0.3, -0.25) is 0 Å². The minimum absolute atomic E-state index is 0.310. The van der Waals surface area contributed by atoms with Crippen LogP contribution in [0.15, 0.2) is 28.8 Å². The zero-order valence-electron chi connectivity index (χ0n) is 10.6. The number of benzene rings is 1. The van der Waals surface area contributed by atoms with Crippen molar-refractivity contribution in [1.29, 1.82) is 0 Å². The molecule has 0 amide bonds. The highest BCUT2D eigenvalue weighted by Gasteiger charge is 2.25. The van der Waals surface area contributed by atoms with Gasteiger partial charge in [-0.1, -0.05) is 35.0 Å². The molecular weight excluding hydrogens is 214 g/mol. The van der Waals surface area contributed by atoms with Crippen molar-refractivity contribution in [3.63, 3.8) is 0 Å². The highest BCUT2D eigenvalue weighted by molar-refractivity contribution is 5.54. The lowest BCUT2D eigenvalue weighted by molar-refractivity contribution is 0.281. The standard InChI is InChI=1S/C13H17N3O/c1-9-5-7-10(8-6-9)11-15-12(17-16-11)13(2,3)14-4/h5-8,14H,1-4H3. The van der Waals surface area contributed by atoms with Crippen LogP contribution in [0.25, 0.3) is 11.4 Å². The van der Waals surface area contributed by atoms with E-state index in [0.29, 0.717) is 11.7 Å². The maximum atomic E-state index is 5.28. The van der Waals surface area contributed by atoms with Crippen molar-refractivity contribution in [2.45, 2.75) is 26.3 Å². The highest BCUT2D eigenvalue weighted by atomic mass is 16.5. The van der Waals surface area contributed by atoms with E-state index in [1.807, 2.05) is 45.2 Å². The first kappa shape index (κ1) is 11.8. The molecule has 1 aromatic carbocycles. The van der Waals surface area contributed by atoms with Gasteiger partial charge < -0.3 is 9.84 Å². The molecule has 0 aliphatic heterocycles. The summed E-state index contributed by atoms with van der Waals surface area (Å²) in [5.41, 5.74) is 1.88. The molecule has 1 aromatic heterocycles. The molecule has 0 saturated heterocycles. The van der Waals surface area contributed by atoms with Crippen LogP contribution >= 0.6 is 0 Å². The van der Waals surface area contributed by atoms with Gasteiger partial charge in [0.1, 0.15) is 0 Å². The van der Waals surface area contributed by atoms with Crippen LogP contribution in [0.4, 0.5) is 0 Å². The Labute approximate surface area is 101 Å². The van der Waals surface area contributed by atoms with Gasteiger partial charge in [0.15, 0.2) is 0 Å². The average Bonchev–Trinajstić information content (AvgIpc) is 2.80. The van der Waals surface area contributed by atoms with Crippen molar-refractivity contribution in [3.8, 4) is 11.4 Å². The van der Waals surface area contributed by atoms with Crippen molar-refractivity contribution in [2.24, 2.45) is 0 Å². The molecule has 0 spiro atoms. The fraction of sp³-hybridized carbons (Fsp3) is 0.385. The quantitative estimate of drug-likeness (QED) is 0.881. The monoisotopic (exact) mass is 231 g/mol. The molecule has 0 bridgehead atoms. The predicted molar refractivity (Wildman–Crippen MR) is 66.6 cm³/mol. The van der Waals surface area contributed by atoms with Crippen LogP contribution < -0.4 is 5.32 Å². The Morgan fingerprint density at radius 3 is 2.41 bits per heavy atom. The van der Waals surface area contributed by atoms with Crippen LogP contribution in [0.3, 0.4) is 0 Å². The fourth-order valence-electron chi connectivity index (χ4n) is 1.40. The van der Waals surface area contributed by atoms with Gasteiger partial charge in [0.05, 0.1) is 5.54 Å². The Hall–Kier alpha value is -1.68. The Morgan fingerprint density at radius 1 is 1.18 bits per heavy atom. The second-order valence-electron chi connectivity index (χ2n) is 4.66. The minimum atomic E-state index is -0.310. The van der Waals surface area contributed by atoms with Crippen LogP contribution in [-0.2, 0) is 5.54 Å². The van der Waals surface area contributed by atoms with Crippen molar-refractivity contribution >= 4 is 0 Å². The summed E-state index contributed by atoms with van der Waals surface area (Å²) in [6.07, 6.45) is 0. The van der Waals surface area contributed by atoms with Gasteiger partial charge in [0, 0.05) is 5.56 Å². The summed E-state index contributed by atoms with van der Waals surface area (Å²) in [7, 11) is 1.87. The molecule has 4 heteroatoms. The third-order valence-corrected chi connectivity index (χ3v) is 2.90. The second-order valence-corrected chi connectivity index (χ2v) is 4.66. The Morgan fingerprint density at radius 2 is 1.82 bits per heavy atom. The lowest BCUT2D eigenvalue weighted by Crippen LogP contribution is -2.33. The average molecular weight is 231 g/mol. The summed E-state index contributed by atoms with van der Waals surface area (Å²) in [6.45, 7) is 6.05. The normalized spacial score (nSPS) is 11.8. The SMILES string of the molecule is CNC(C)(C)c1nc(-c2ccc(C)cc2)no1. The molecule has 90 valence electrons. The number of aromatic nitrogens is 2. The molecule has 17 heavy (non-hydrogen) atoms. The van der Waals surface area contributed by atoms with E-state index in [1.54, 1.807) is 0 Å². The second kappa shape index (κ2) is 4.30. The van der Waals surface area contributed by atoms with Crippen molar-refractivity contribution in [1.82, 2.24) is 15.5 Å². The van der Waals surface area contributed by atoms with Gasteiger partial charge >= 0.3 is 0 Å². The van der Waals surface area contributed by atoms with E-state index < -0.39 is 0 Å². The topological polar surface area (TPSA) is 51.0 Å². The first-order valence-corrected chi connectivity index (χ1v) is 5.63. The molecule has 1 N–H and O–H groups in total. The Bertz CT molecular complexity index is 500. The first-order valence-electron chi connectivity index (χ1n) is 5.63.